The van der Waals surface area contributed by atoms with Crippen LogP contribution in [0, 0.1) is 0 Å². The van der Waals surface area contributed by atoms with Crippen LogP contribution in [0.4, 0.5) is 17.1 Å². The Hall–Kier alpha value is -7.48. The summed E-state index contributed by atoms with van der Waals surface area (Å²) >= 11 is 0. The van der Waals surface area contributed by atoms with Crippen molar-refractivity contribution in [2.45, 2.75) is 37.0 Å². The lowest BCUT2D eigenvalue weighted by Crippen LogP contribution is -2.28. The highest BCUT2D eigenvalue weighted by Crippen LogP contribution is 2.64. The van der Waals surface area contributed by atoms with E-state index >= 15 is 0 Å². The lowest BCUT2D eigenvalue weighted by Gasteiger charge is -2.35. The molecular weight excluding hydrogens is 759 g/mol. The Labute approximate surface area is 370 Å². The van der Waals surface area contributed by atoms with Gasteiger partial charge in [0.1, 0.15) is 0 Å². The van der Waals surface area contributed by atoms with Gasteiger partial charge in [-0.15, -0.1) is 0 Å². The van der Waals surface area contributed by atoms with Crippen LogP contribution in [-0.4, -0.2) is 0 Å². The maximum atomic E-state index is 2.53. The van der Waals surface area contributed by atoms with Gasteiger partial charge in [-0.3, -0.25) is 0 Å². The zero-order valence-electron chi connectivity index (χ0n) is 35.5. The van der Waals surface area contributed by atoms with E-state index in [1.54, 1.807) is 0 Å². The Morgan fingerprint density at radius 3 is 1.79 bits per heavy atom. The van der Waals surface area contributed by atoms with Gasteiger partial charge in [0.15, 0.2) is 0 Å². The van der Waals surface area contributed by atoms with Crippen molar-refractivity contribution in [2.75, 3.05) is 4.90 Å². The molecule has 0 saturated heterocycles. The SMILES string of the molecule is CC1(C)c2ccccc2-c2ccc(N(c3cccc(C4C=CC5=C(C4)C4(c6ccccc65)c5ccccc5-c5ccccc54)c3)c3ccc4ccccc4c3-c3ccccc3)cc21. The summed E-state index contributed by atoms with van der Waals surface area (Å²) in [7, 11) is 0. The quantitative estimate of drug-likeness (QED) is 0.168. The number of rotatable bonds is 5. The largest absolute Gasteiger partial charge is 0.310 e. The van der Waals surface area contributed by atoms with E-state index in [0.717, 1.165) is 17.8 Å². The predicted molar refractivity (Wildman–Crippen MR) is 263 cm³/mol. The normalized spacial score (nSPS) is 16.6. The molecule has 298 valence electrons. The van der Waals surface area contributed by atoms with Crippen molar-refractivity contribution in [3.63, 3.8) is 0 Å². The first-order valence-corrected chi connectivity index (χ1v) is 22.4. The van der Waals surface area contributed by atoms with Crippen molar-refractivity contribution in [3.05, 3.63) is 263 Å². The number of allylic oxidation sites excluding steroid dienone is 4. The molecular formula is C62H45N. The van der Waals surface area contributed by atoms with Crippen LogP contribution < -0.4 is 4.90 Å². The maximum Gasteiger partial charge on any atom is 0.0688 e. The van der Waals surface area contributed by atoms with Crippen molar-refractivity contribution in [3.8, 4) is 33.4 Å². The fourth-order valence-electron chi connectivity index (χ4n) is 12.1. The average molecular weight is 804 g/mol. The molecule has 1 atom stereocenters. The molecule has 13 rings (SSSR count). The minimum Gasteiger partial charge on any atom is -0.310 e. The Morgan fingerprint density at radius 2 is 1.05 bits per heavy atom. The predicted octanol–water partition coefficient (Wildman–Crippen LogP) is 16.1. The van der Waals surface area contributed by atoms with Gasteiger partial charge in [-0.1, -0.05) is 202 Å². The van der Waals surface area contributed by atoms with Crippen molar-refractivity contribution in [2.24, 2.45) is 0 Å². The number of anilines is 3. The van der Waals surface area contributed by atoms with Gasteiger partial charge in [0.25, 0.3) is 0 Å². The first kappa shape index (κ1) is 36.2. The summed E-state index contributed by atoms with van der Waals surface area (Å²) in [5.74, 6) is 0.190. The van der Waals surface area contributed by atoms with Gasteiger partial charge in [0.2, 0.25) is 0 Å². The van der Waals surface area contributed by atoms with Gasteiger partial charge < -0.3 is 4.90 Å². The van der Waals surface area contributed by atoms with Gasteiger partial charge in [0, 0.05) is 28.3 Å². The summed E-state index contributed by atoms with van der Waals surface area (Å²) in [5, 5.41) is 2.48. The van der Waals surface area contributed by atoms with Crippen LogP contribution in [0.2, 0.25) is 0 Å². The second kappa shape index (κ2) is 13.5. The second-order valence-electron chi connectivity index (χ2n) is 18.3. The minimum atomic E-state index is -0.323. The van der Waals surface area contributed by atoms with Crippen LogP contribution in [0.3, 0.4) is 0 Å². The van der Waals surface area contributed by atoms with Crippen molar-refractivity contribution >= 4 is 33.4 Å². The van der Waals surface area contributed by atoms with E-state index < -0.39 is 0 Å². The molecule has 0 heterocycles. The zero-order chi connectivity index (χ0) is 41.9. The minimum absolute atomic E-state index is 0.133. The third-order valence-corrected chi connectivity index (χ3v) is 14.9. The lowest BCUT2D eigenvalue weighted by atomic mass is 9.66. The number of hydrogen-bond acceptors (Lipinski definition) is 1. The monoisotopic (exact) mass is 803 g/mol. The van der Waals surface area contributed by atoms with Gasteiger partial charge in [-0.05, 0) is 125 Å². The molecule has 1 heteroatoms. The Balaban J connectivity index is 0.990. The molecule has 1 nitrogen and oxygen atoms in total. The van der Waals surface area contributed by atoms with Gasteiger partial charge >= 0.3 is 0 Å². The van der Waals surface area contributed by atoms with E-state index in [2.05, 4.69) is 237 Å². The van der Waals surface area contributed by atoms with E-state index in [1.807, 2.05) is 0 Å². The number of hydrogen-bond donors (Lipinski definition) is 0. The second-order valence-corrected chi connectivity index (χ2v) is 18.3. The van der Waals surface area contributed by atoms with Gasteiger partial charge in [0.05, 0.1) is 11.1 Å². The Bertz CT molecular complexity index is 3370. The summed E-state index contributed by atoms with van der Waals surface area (Å²) < 4.78 is 0. The van der Waals surface area contributed by atoms with E-state index in [0.29, 0.717) is 0 Å². The third kappa shape index (κ3) is 5.05. The molecule has 9 aromatic rings. The van der Waals surface area contributed by atoms with Crippen LogP contribution in [-0.2, 0) is 10.8 Å². The molecule has 9 aromatic carbocycles. The van der Waals surface area contributed by atoms with E-state index in [-0.39, 0.29) is 16.7 Å². The van der Waals surface area contributed by atoms with Gasteiger partial charge in [-0.2, -0.15) is 0 Å². The summed E-state index contributed by atoms with van der Waals surface area (Å²) in [4.78, 5) is 2.53. The third-order valence-electron chi connectivity index (χ3n) is 14.9. The topological polar surface area (TPSA) is 3.24 Å². The van der Waals surface area contributed by atoms with E-state index in [9.17, 15) is 0 Å². The first-order chi connectivity index (χ1) is 31.0. The number of benzene rings is 9. The van der Waals surface area contributed by atoms with Crippen LogP contribution in [0.25, 0.3) is 49.7 Å². The van der Waals surface area contributed by atoms with Gasteiger partial charge in [-0.25, -0.2) is 0 Å². The Morgan fingerprint density at radius 1 is 0.460 bits per heavy atom. The van der Waals surface area contributed by atoms with Crippen molar-refractivity contribution < 1.29 is 0 Å². The molecule has 0 saturated carbocycles. The molecule has 0 N–H and O–H groups in total. The molecule has 0 radical (unpaired) electrons. The first-order valence-electron chi connectivity index (χ1n) is 22.4. The van der Waals surface area contributed by atoms with E-state index in [1.165, 1.54) is 99.9 Å². The summed E-state index contributed by atoms with van der Waals surface area (Å²) in [6, 6.07) is 77.5. The summed E-state index contributed by atoms with van der Waals surface area (Å²) in [6.45, 7) is 4.76. The fourth-order valence-corrected chi connectivity index (χ4v) is 12.1. The highest BCUT2D eigenvalue weighted by molar-refractivity contribution is 6.06. The summed E-state index contributed by atoms with van der Waals surface area (Å²) in [6.07, 6.45) is 5.86. The summed E-state index contributed by atoms with van der Waals surface area (Å²) in [5.41, 5.74) is 23.4. The fraction of sp³-hybridized carbons (Fsp3) is 0.0968. The number of nitrogens with zero attached hydrogens (tertiary/aromatic N) is 1. The highest BCUT2D eigenvalue weighted by Gasteiger charge is 2.53. The average Bonchev–Trinajstić information content (AvgIpc) is 3.90. The Kier molecular flexibility index (Phi) is 7.76. The molecule has 0 amide bonds. The van der Waals surface area contributed by atoms with Crippen molar-refractivity contribution in [1.29, 1.82) is 0 Å². The molecule has 0 aromatic heterocycles. The molecule has 1 unspecified atom stereocenters. The van der Waals surface area contributed by atoms with Crippen LogP contribution in [0.15, 0.2) is 224 Å². The van der Waals surface area contributed by atoms with Crippen LogP contribution in [0.5, 0.6) is 0 Å². The van der Waals surface area contributed by atoms with Crippen LogP contribution in [0.1, 0.15) is 65.1 Å². The highest BCUT2D eigenvalue weighted by atomic mass is 15.1. The zero-order valence-corrected chi connectivity index (χ0v) is 35.5. The lowest BCUT2D eigenvalue weighted by molar-refractivity contribution is 0.660. The molecule has 63 heavy (non-hydrogen) atoms. The van der Waals surface area contributed by atoms with E-state index in [4.69, 9.17) is 0 Å². The standard InChI is InChI=1S/C62H45N/c1-61(2)53-27-12-8-23-47(53)51-35-33-45(39-57(51)61)63(59-36-32-40-17-6-7-22-46(40)60(59)41-18-4-3-5-19-41)44-21-16-20-42(37-44)43-31-34-52-50-26-11-15-30-56(50)62(58(52)38-43)54-28-13-9-24-48(54)49-25-10-14-29-55(49)62/h3-37,39,43H,38H2,1-2H3. The van der Waals surface area contributed by atoms with Crippen LogP contribution >= 0.6 is 0 Å². The maximum absolute atomic E-state index is 2.53. The molecule has 0 aliphatic heterocycles. The number of fused-ring (bicyclic) bond motifs is 13. The smallest absolute Gasteiger partial charge is 0.0688 e. The van der Waals surface area contributed by atoms with Crippen molar-refractivity contribution in [1.82, 2.24) is 0 Å². The molecule has 4 aliphatic rings. The molecule has 1 spiro atoms. The molecule has 0 bridgehead atoms. The molecule has 4 aliphatic carbocycles. The molecule has 0 fully saturated rings.